The molecule has 1 saturated carbocycles. The lowest BCUT2D eigenvalue weighted by molar-refractivity contribution is -0.182. The summed E-state index contributed by atoms with van der Waals surface area (Å²) in [7, 11) is 0. The van der Waals surface area contributed by atoms with E-state index in [-0.39, 0.29) is 18.4 Å². The van der Waals surface area contributed by atoms with Crippen LogP contribution >= 0.6 is 15.9 Å². The molecule has 1 saturated heterocycles. The number of esters is 1. The largest absolute Gasteiger partial charge is 0.460 e. The normalized spacial score (nSPS) is 25.0. The maximum Gasteiger partial charge on any atom is 0.343 e. The van der Waals surface area contributed by atoms with Crippen LogP contribution in [0.25, 0.3) is 0 Å². The van der Waals surface area contributed by atoms with E-state index in [9.17, 15) is 18.7 Å². The number of nitrogens with one attached hydrogen (secondary N) is 1. The number of ether oxygens (including phenoxy) is 1. The Morgan fingerprint density at radius 1 is 1.30 bits per heavy atom. The van der Waals surface area contributed by atoms with E-state index in [2.05, 4.69) is 15.9 Å². The van der Waals surface area contributed by atoms with Gasteiger partial charge in [-0.15, -0.1) is 0 Å². The van der Waals surface area contributed by atoms with Crippen LogP contribution in [0.2, 0.25) is 0 Å². The van der Waals surface area contributed by atoms with Gasteiger partial charge < -0.3 is 14.7 Å². The Balaban J connectivity index is 1.82. The molecule has 1 heterocycles. The van der Waals surface area contributed by atoms with Crippen molar-refractivity contribution in [3.8, 4) is 0 Å². The number of hydrogen-bond acceptors (Lipinski definition) is 4. The fraction of sp³-hybridized carbons (Fsp3) is 0.579. The zero-order valence-corrected chi connectivity index (χ0v) is 16.4. The fourth-order valence-corrected chi connectivity index (χ4v) is 4.16. The number of halogens is 3. The summed E-state index contributed by atoms with van der Waals surface area (Å²) in [6.45, 7) is 1.17. The Morgan fingerprint density at radius 2 is 1.93 bits per heavy atom. The Bertz CT molecular complexity index is 693. The molecular formula is C19H23BrF2N2O3. The summed E-state index contributed by atoms with van der Waals surface area (Å²) < 4.78 is 34.0. The minimum absolute atomic E-state index is 0.0565. The van der Waals surface area contributed by atoms with Gasteiger partial charge in [0.15, 0.2) is 5.60 Å². The van der Waals surface area contributed by atoms with Crippen molar-refractivity contribution in [1.82, 2.24) is 4.90 Å². The van der Waals surface area contributed by atoms with Crippen molar-refractivity contribution in [2.75, 3.05) is 13.1 Å². The van der Waals surface area contributed by atoms with Gasteiger partial charge in [-0.2, -0.15) is 0 Å². The van der Waals surface area contributed by atoms with E-state index >= 15 is 0 Å². The highest BCUT2D eigenvalue weighted by molar-refractivity contribution is 9.10. The molecule has 1 aliphatic carbocycles. The van der Waals surface area contributed by atoms with Gasteiger partial charge in [-0.05, 0) is 24.1 Å². The first kappa shape index (κ1) is 20.2. The van der Waals surface area contributed by atoms with Crippen LogP contribution in [-0.2, 0) is 15.1 Å². The first-order valence-electron chi connectivity index (χ1n) is 9.06. The number of benzene rings is 1. The second-order valence-electron chi connectivity index (χ2n) is 7.34. The molecule has 0 spiro atoms. The summed E-state index contributed by atoms with van der Waals surface area (Å²) in [6.07, 6.45) is 1.11. The summed E-state index contributed by atoms with van der Waals surface area (Å²) in [6, 6.07) is 6.48. The SMILES string of the molecule is N=CN1CCC(OC(=O)C(O)(c2ccc(Br)cc2)C2CCC(F)(F)C2)CC1. The fourth-order valence-electron chi connectivity index (χ4n) is 3.89. The third kappa shape index (κ3) is 4.32. The number of aliphatic hydroxyl groups is 1. The van der Waals surface area contributed by atoms with Gasteiger partial charge in [-0.25, -0.2) is 13.6 Å². The molecule has 148 valence electrons. The monoisotopic (exact) mass is 444 g/mol. The van der Waals surface area contributed by atoms with Crippen molar-refractivity contribution in [2.24, 2.45) is 5.92 Å². The predicted octanol–water partition coefficient (Wildman–Crippen LogP) is 3.69. The molecule has 2 aliphatic rings. The van der Waals surface area contributed by atoms with Crippen LogP contribution in [0.3, 0.4) is 0 Å². The van der Waals surface area contributed by atoms with E-state index in [4.69, 9.17) is 10.1 Å². The molecule has 8 heteroatoms. The molecule has 0 bridgehead atoms. The van der Waals surface area contributed by atoms with Gasteiger partial charge in [0.1, 0.15) is 6.10 Å². The number of piperidine rings is 1. The van der Waals surface area contributed by atoms with Crippen LogP contribution < -0.4 is 0 Å². The maximum absolute atomic E-state index is 13.8. The lowest BCUT2D eigenvalue weighted by Crippen LogP contribution is -2.46. The Morgan fingerprint density at radius 3 is 2.44 bits per heavy atom. The second-order valence-corrected chi connectivity index (χ2v) is 8.25. The van der Waals surface area contributed by atoms with E-state index in [0.29, 0.717) is 25.9 Å². The molecule has 2 N–H and O–H groups in total. The van der Waals surface area contributed by atoms with Crippen LogP contribution in [0.15, 0.2) is 28.7 Å². The molecule has 0 amide bonds. The molecule has 2 atom stereocenters. The maximum atomic E-state index is 13.8. The van der Waals surface area contributed by atoms with Crippen molar-refractivity contribution in [2.45, 2.75) is 49.7 Å². The first-order chi connectivity index (χ1) is 12.7. The average molecular weight is 445 g/mol. The first-order valence-corrected chi connectivity index (χ1v) is 9.86. The molecule has 5 nitrogen and oxygen atoms in total. The quantitative estimate of drug-likeness (QED) is 0.412. The van der Waals surface area contributed by atoms with Crippen LogP contribution in [0, 0.1) is 11.3 Å². The summed E-state index contributed by atoms with van der Waals surface area (Å²) in [5.41, 5.74) is -1.82. The van der Waals surface area contributed by atoms with Gasteiger partial charge in [0.05, 0.1) is 6.34 Å². The molecule has 1 aromatic rings. The highest BCUT2D eigenvalue weighted by Gasteiger charge is 2.54. The molecule has 1 aromatic carbocycles. The molecule has 0 radical (unpaired) electrons. The number of carbonyl (C=O) groups excluding carboxylic acids is 1. The number of nitrogens with zero attached hydrogens (tertiary/aromatic N) is 1. The van der Waals surface area contributed by atoms with Crippen LogP contribution in [0.5, 0.6) is 0 Å². The van der Waals surface area contributed by atoms with Crippen molar-refractivity contribution in [3.63, 3.8) is 0 Å². The number of rotatable bonds is 5. The van der Waals surface area contributed by atoms with E-state index in [1.165, 1.54) is 6.34 Å². The standard InChI is InChI=1S/C19H23BrF2N2O3/c20-15-3-1-13(2-4-15)19(26,14-5-8-18(21,22)11-14)17(25)27-16-6-9-24(12-23)10-7-16/h1-4,12,14,16,23,26H,5-11H2. The lowest BCUT2D eigenvalue weighted by atomic mass is 9.80. The van der Waals surface area contributed by atoms with E-state index < -0.39 is 35.9 Å². The van der Waals surface area contributed by atoms with Crippen molar-refractivity contribution < 1.29 is 23.4 Å². The van der Waals surface area contributed by atoms with Gasteiger partial charge in [0, 0.05) is 49.2 Å². The van der Waals surface area contributed by atoms with E-state index in [0.717, 1.165) is 4.47 Å². The van der Waals surface area contributed by atoms with Gasteiger partial charge in [-0.1, -0.05) is 28.1 Å². The van der Waals surface area contributed by atoms with Gasteiger partial charge in [0.2, 0.25) is 5.92 Å². The number of alkyl halides is 2. The van der Waals surface area contributed by atoms with Gasteiger partial charge in [0.25, 0.3) is 0 Å². The van der Waals surface area contributed by atoms with Crippen molar-refractivity contribution in [1.29, 1.82) is 5.41 Å². The zero-order chi connectivity index (χ0) is 19.7. The molecule has 3 rings (SSSR count). The van der Waals surface area contributed by atoms with Crippen molar-refractivity contribution >= 4 is 28.2 Å². The number of hydrogen-bond donors (Lipinski definition) is 2. The molecule has 0 aromatic heterocycles. The summed E-state index contributed by atoms with van der Waals surface area (Å²) in [5.74, 6) is -4.65. The number of likely N-dealkylation sites (tertiary alicyclic amines) is 1. The third-order valence-corrected chi connectivity index (χ3v) is 6.05. The smallest absolute Gasteiger partial charge is 0.343 e. The minimum Gasteiger partial charge on any atom is -0.460 e. The molecule has 2 unspecified atom stereocenters. The molecule has 2 fully saturated rings. The Kier molecular flexibility index (Phi) is 5.86. The Labute approximate surface area is 165 Å². The van der Waals surface area contributed by atoms with E-state index in [1.807, 2.05) is 4.90 Å². The Hall–Kier alpha value is -1.54. The lowest BCUT2D eigenvalue weighted by Gasteiger charge is -2.36. The third-order valence-electron chi connectivity index (χ3n) is 5.52. The zero-order valence-electron chi connectivity index (χ0n) is 14.8. The summed E-state index contributed by atoms with van der Waals surface area (Å²) >= 11 is 3.30. The molecule has 1 aliphatic heterocycles. The van der Waals surface area contributed by atoms with Crippen molar-refractivity contribution in [3.05, 3.63) is 34.3 Å². The molecular weight excluding hydrogens is 422 g/mol. The van der Waals surface area contributed by atoms with Crippen LogP contribution in [-0.4, -0.2) is 47.4 Å². The van der Waals surface area contributed by atoms with Crippen LogP contribution in [0.4, 0.5) is 8.78 Å². The summed E-state index contributed by atoms with van der Waals surface area (Å²) in [4.78, 5) is 14.8. The molecule has 27 heavy (non-hydrogen) atoms. The topological polar surface area (TPSA) is 73.6 Å². The van der Waals surface area contributed by atoms with Gasteiger partial charge in [-0.3, -0.25) is 5.41 Å². The number of carbonyl (C=O) groups is 1. The minimum atomic E-state index is -2.89. The van der Waals surface area contributed by atoms with Crippen LogP contribution in [0.1, 0.15) is 37.7 Å². The highest BCUT2D eigenvalue weighted by atomic mass is 79.9. The highest BCUT2D eigenvalue weighted by Crippen LogP contribution is 2.48. The average Bonchev–Trinajstić information content (AvgIpc) is 3.02. The van der Waals surface area contributed by atoms with Gasteiger partial charge >= 0.3 is 5.97 Å². The van der Waals surface area contributed by atoms with E-state index in [1.54, 1.807) is 24.3 Å². The summed E-state index contributed by atoms with van der Waals surface area (Å²) in [5, 5.41) is 18.6. The second kappa shape index (κ2) is 7.83. The predicted molar refractivity (Wildman–Crippen MR) is 99.8 cm³/mol.